The second-order valence-electron chi connectivity index (χ2n) is 4.34. The summed E-state index contributed by atoms with van der Waals surface area (Å²) in [5, 5.41) is 0. The van der Waals surface area contributed by atoms with Gasteiger partial charge in [-0.3, -0.25) is 4.79 Å². The van der Waals surface area contributed by atoms with E-state index in [-0.39, 0.29) is 11.8 Å². The quantitative estimate of drug-likeness (QED) is 0.725. The molecular formula is C12H14N2O2. The molecule has 1 aromatic carbocycles. The van der Waals surface area contributed by atoms with Crippen LogP contribution >= 0.6 is 0 Å². The van der Waals surface area contributed by atoms with Crippen LogP contribution in [-0.2, 0) is 4.79 Å². The number of rotatable bonds is 1. The van der Waals surface area contributed by atoms with E-state index in [2.05, 4.69) is 0 Å². The molecule has 1 fully saturated rings. The molecule has 1 aromatic rings. The van der Waals surface area contributed by atoms with Crippen molar-refractivity contribution in [1.29, 1.82) is 0 Å². The fraction of sp³-hybridized carbons (Fsp3) is 0.417. The van der Waals surface area contributed by atoms with Gasteiger partial charge in [0.05, 0.1) is 12.2 Å². The Morgan fingerprint density at radius 2 is 2.25 bits per heavy atom. The molecule has 1 aliphatic heterocycles. The maximum Gasteiger partial charge on any atom is 0.230 e. The lowest BCUT2D eigenvalue weighted by atomic mass is 10.2. The van der Waals surface area contributed by atoms with Gasteiger partial charge in [0.1, 0.15) is 12.4 Å². The Morgan fingerprint density at radius 3 is 3.00 bits per heavy atom. The highest BCUT2D eigenvalue weighted by molar-refractivity contribution is 5.98. The summed E-state index contributed by atoms with van der Waals surface area (Å²) in [6, 6.07) is 5.44. The van der Waals surface area contributed by atoms with Crippen LogP contribution in [0.3, 0.4) is 0 Å². The molecule has 0 aromatic heterocycles. The number of amides is 1. The first-order chi connectivity index (χ1) is 7.75. The molecule has 0 atom stereocenters. The highest BCUT2D eigenvalue weighted by Crippen LogP contribution is 2.38. The standard InChI is InChI=1S/C12H14N2O2/c13-9-3-4-11-10(7-9)14(5-6-16-11)12(15)8-1-2-8/h3-4,7-8H,1-2,5-6,13H2. The number of carbonyl (C=O) groups excluding carboxylic acids is 1. The molecule has 84 valence electrons. The van der Waals surface area contributed by atoms with Gasteiger partial charge in [-0.15, -0.1) is 0 Å². The predicted molar refractivity (Wildman–Crippen MR) is 61.4 cm³/mol. The molecule has 0 radical (unpaired) electrons. The smallest absolute Gasteiger partial charge is 0.230 e. The lowest BCUT2D eigenvalue weighted by Gasteiger charge is -2.29. The number of nitrogen functional groups attached to an aromatic ring is 1. The summed E-state index contributed by atoms with van der Waals surface area (Å²) in [5.74, 6) is 1.21. The van der Waals surface area contributed by atoms with Gasteiger partial charge in [-0.1, -0.05) is 0 Å². The molecule has 3 rings (SSSR count). The van der Waals surface area contributed by atoms with Crippen molar-refractivity contribution in [1.82, 2.24) is 0 Å². The first kappa shape index (κ1) is 9.51. The lowest BCUT2D eigenvalue weighted by Crippen LogP contribution is -2.38. The van der Waals surface area contributed by atoms with E-state index in [1.54, 1.807) is 6.07 Å². The van der Waals surface area contributed by atoms with Gasteiger partial charge < -0.3 is 15.4 Å². The molecule has 1 saturated carbocycles. The minimum Gasteiger partial charge on any atom is -0.490 e. The van der Waals surface area contributed by atoms with Gasteiger partial charge in [0, 0.05) is 11.6 Å². The molecule has 0 spiro atoms. The Morgan fingerprint density at radius 1 is 1.44 bits per heavy atom. The molecule has 16 heavy (non-hydrogen) atoms. The van der Waals surface area contributed by atoms with Crippen molar-refractivity contribution < 1.29 is 9.53 Å². The van der Waals surface area contributed by atoms with Gasteiger partial charge in [-0.05, 0) is 31.0 Å². The number of hydrogen-bond acceptors (Lipinski definition) is 3. The van der Waals surface area contributed by atoms with Crippen LogP contribution in [0.1, 0.15) is 12.8 Å². The third kappa shape index (κ3) is 1.50. The van der Waals surface area contributed by atoms with Gasteiger partial charge in [-0.2, -0.15) is 0 Å². The third-order valence-corrected chi connectivity index (χ3v) is 3.04. The Labute approximate surface area is 94.0 Å². The number of benzene rings is 1. The normalized spacial score (nSPS) is 18.9. The van der Waals surface area contributed by atoms with Crippen molar-refractivity contribution in [2.45, 2.75) is 12.8 Å². The minimum atomic E-state index is 0.218. The van der Waals surface area contributed by atoms with E-state index in [0.717, 1.165) is 24.3 Å². The Kier molecular flexibility index (Phi) is 2.02. The van der Waals surface area contributed by atoms with E-state index >= 15 is 0 Å². The monoisotopic (exact) mass is 218 g/mol. The van der Waals surface area contributed by atoms with Crippen molar-refractivity contribution in [2.75, 3.05) is 23.8 Å². The van der Waals surface area contributed by atoms with E-state index in [1.807, 2.05) is 17.0 Å². The van der Waals surface area contributed by atoms with Gasteiger partial charge >= 0.3 is 0 Å². The van der Waals surface area contributed by atoms with E-state index < -0.39 is 0 Å². The number of nitrogens with zero attached hydrogens (tertiary/aromatic N) is 1. The number of anilines is 2. The highest BCUT2D eigenvalue weighted by atomic mass is 16.5. The molecule has 4 nitrogen and oxygen atoms in total. The molecule has 2 aliphatic rings. The molecule has 1 aliphatic carbocycles. The van der Waals surface area contributed by atoms with Crippen LogP contribution in [0.5, 0.6) is 5.75 Å². The highest BCUT2D eigenvalue weighted by Gasteiger charge is 2.36. The Bertz CT molecular complexity index is 441. The van der Waals surface area contributed by atoms with Gasteiger partial charge in [0.25, 0.3) is 0 Å². The maximum atomic E-state index is 12.1. The summed E-state index contributed by atoms with van der Waals surface area (Å²) in [4.78, 5) is 13.9. The molecule has 0 unspecified atom stereocenters. The van der Waals surface area contributed by atoms with Crippen LogP contribution in [0, 0.1) is 5.92 Å². The second-order valence-corrected chi connectivity index (χ2v) is 4.34. The average molecular weight is 218 g/mol. The fourth-order valence-corrected chi connectivity index (χ4v) is 2.01. The predicted octanol–water partition coefficient (Wildman–Crippen LogP) is 1.40. The van der Waals surface area contributed by atoms with Crippen LogP contribution < -0.4 is 15.4 Å². The molecule has 2 N–H and O–H groups in total. The first-order valence-corrected chi connectivity index (χ1v) is 5.59. The van der Waals surface area contributed by atoms with E-state index in [0.29, 0.717) is 18.8 Å². The van der Waals surface area contributed by atoms with Crippen LogP contribution in [-0.4, -0.2) is 19.1 Å². The van der Waals surface area contributed by atoms with Crippen LogP contribution in [0.15, 0.2) is 18.2 Å². The van der Waals surface area contributed by atoms with Crippen molar-refractivity contribution >= 4 is 17.3 Å². The zero-order valence-corrected chi connectivity index (χ0v) is 8.98. The summed E-state index contributed by atoms with van der Waals surface area (Å²) in [6.45, 7) is 1.20. The molecule has 0 bridgehead atoms. The van der Waals surface area contributed by atoms with Gasteiger partial charge in [0.2, 0.25) is 5.91 Å². The first-order valence-electron chi connectivity index (χ1n) is 5.59. The molecule has 4 heteroatoms. The van der Waals surface area contributed by atoms with E-state index in [1.165, 1.54) is 0 Å². The zero-order valence-electron chi connectivity index (χ0n) is 8.98. The molecule has 1 amide bonds. The Balaban J connectivity index is 1.97. The van der Waals surface area contributed by atoms with Crippen LogP contribution in [0.4, 0.5) is 11.4 Å². The Hall–Kier alpha value is -1.71. The number of carbonyl (C=O) groups is 1. The van der Waals surface area contributed by atoms with Crippen molar-refractivity contribution in [3.8, 4) is 5.75 Å². The summed E-state index contributed by atoms with van der Waals surface area (Å²) < 4.78 is 5.51. The third-order valence-electron chi connectivity index (χ3n) is 3.04. The molecule has 1 heterocycles. The maximum absolute atomic E-state index is 12.1. The molecule has 0 saturated heterocycles. The van der Waals surface area contributed by atoms with Gasteiger partial charge in [-0.25, -0.2) is 0 Å². The van der Waals surface area contributed by atoms with Crippen molar-refractivity contribution in [3.05, 3.63) is 18.2 Å². The van der Waals surface area contributed by atoms with E-state index in [9.17, 15) is 4.79 Å². The average Bonchev–Trinajstić information content (AvgIpc) is 3.11. The summed E-state index contributed by atoms with van der Waals surface area (Å²) in [6.07, 6.45) is 2.04. The number of ether oxygens (including phenoxy) is 1. The van der Waals surface area contributed by atoms with E-state index in [4.69, 9.17) is 10.5 Å². The van der Waals surface area contributed by atoms with Crippen LogP contribution in [0.2, 0.25) is 0 Å². The summed E-state index contributed by atoms with van der Waals surface area (Å²) in [5.41, 5.74) is 7.23. The number of hydrogen-bond donors (Lipinski definition) is 1. The van der Waals surface area contributed by atoms with Crippen LogP contribution in [0.25, 0.3) is 0 Å². The van der Waals surface area contributed by atoms with Crippen molar-refractivity contribution in [2.24, 2.45) is 5.92 Å². The van der Waals surface area contributed by atoms with Crippen molar-refractivity contribution in [3.63, 3.8) is 0 Å². The number of nitrogens with two attached hydrogens (primary N) is 1. The second kappa shape index (κ2) is 3.40. The summed E-state index contributed by atoms with van der Waals surface area (Å²) in [7, 11) is 0. The van der Waals surface area contributed by atoms with Gasteiger partial charge in [0.15, 0.2) is 0 Å². The largest absolute Gasteiger partial charge is 0.490 e. The molecular weight excluding hydrogens is 204 g/mol. The summed E-state index contributed by atoms with van der Waals surface area (Å²) >= 11 is 0. The number of fused-ring (bicyclic) bond motifs is 1. The SMILES string of the molecule is Nc1ccc2c(c1)N(C(=O)C1CC1)CCO2. The lowest BCUT2D eigenvalue weighted by molar-refractivity contribution is -0.120. The minimum absolute atomic E-state index is 0.218. The fourth-order valence-electron chi connectivity index (χ4n) is 2.01. The topological polar surface area (TPSA) is 55.6 Å². The zero-order chi connectivity index (χ0) is 11.1.